The van der Waals surface area contributed by atoms with E-state index in [0.717, 1.165) is 12.3 Å². The number of hydrogen-bond donors (Lipinski definition) is 2. The molecule has 0 aromatic heterocycles. The van der Waals surface area contributed by atoms with Crippen molar-refractivity contribution >= 4 is 18.4 Å². The smallest absolute Gasteiger partial charge is 0.329 e. The van der Waals surface area contributed by atoms with Crippen LogP contribution in [0.5, 0.6) is 0 Å². The first-order valence-corrected chi connectivity index (χ1v) is 1.38. The highest BCUT2D eigenvalue weighted by molar-refractivity contribution is 5.85. The maximum absolute atomic E-state index is 9.43. The standard InChI is InChI=1S/C3H5NO2.ClH/c4-2-1-3(5)6;/h1-2H,4H2,(H,5,6);1H. The van der Waals surface area contributed by atoms with E-state index in [0.29, 0.717) is 0 Å². The van der Waals surface area contributed by atoms with E-state index in [1.54, 1.807) is 0 Å². The van der Waals surface area contributed by atoms with Crippen LogP contribution in [0.25, 0.3) is 0 Å². The first-order chi connectivity index (χ1) is 2.77. The molecule has 0 aliphatic rings. The number of aliphatic carboxylic acids is 1. The second-order valence-corrected chi connectivity index (χ2v) is 0.697. The highest BCUT2D eigenvalue weighted by Gasteiger charge is 1.77. The Kier molecular flexibility index (Phi) is 7.25. The summed E-state index contributed by atoms with van der Waals surface area (Å²) < 4.78 is 0. The van der Waals surface area contributed by atoms with Gasteiger partial charge in [-0.25, -0.2) is 4.79 Å². The van der Waals surface area contributed by atoms with Crippen LogP contribution in [0.1, 0.15) is 0 Å². The number of carbonyl (C=O) groups is 1. The SMILES string of the molecule is Cl.NC=CC(=O)O. The molecule has 3 N–H and O–H groups in total. The number of carboxylic acids is 1. The molecular weight excluding hydrogens is 117 g/mol. The number of halogens is 1. The molecule has 0 spiro atoms. The lowest BCUT2D eigenvalue weighted by Crippen LogP contribution is -1.88. The van der Waals surface area contributed by atoms with E-state index in [1.165, 1.54) is 0 Å². The Morgan fingerprint density at radius 1 is 1.71 bits per heavy atom. The molecule has 7 heavy (non-hydrogen) atoms. The lowest BCUT2D eigenvalue weighted by atomic mass is 10.6. The van der Waals surface area contributed by atoms with Crippen molar-refractivity contribution in [3.05, 3.63) is 12.3 Å². The molecule has 0 saturated heterocycles. The van der Waals surface area contributed by atoms with Crippen molar-refractivity contribution in [1.29, 1.82) is 0 Å². The molecule has 0 fully saturated rings. The lowest BCUT2D eigenvalue weighted by molar-refractivity contribution is -0.131. The third-order valence-corrected chi connectivity index (χ3v) is 0.239. The van der Waals surface area contributed by atoms with Crippen LogP contribution in [0, 0.1) is 0 Å². The fraction of sp³-hybridized carbons (Fsp3) is 0. The molecule has 0 aromatic carbocycles. The summed E-state index contributed by atoms with van der Waals surface area (Å²) in [5.41, 5.74) is 4.67. The molecule has 0 unspecified atom stereocenters. The van der Waals surface area contributed by atoms with Gasteiger partial charge < -0.3 is 10.8 Å². The predicted molar refractivity (Wildman–Crippen MR) is 28.2 cm³/mol. The average molecular weight is 124 g/mol. The van der Waals surface area contributed by atoms with E-state index in [4.69, 9.17) is 5.11 Å². The van der Waals surface area contributed by atoms with Crippen molar-refractivity contribution in [3.8, 4) is 0 Å². The summed E-state index contributed by atoms with van der Waals surface area (Å²) in [5.74, 6) is -1.02. The number of carboxylic acid groups (broad SMARTS) is 1. The van der Waals surface area contributed by atoms with Gasteiger partial charge in [-0.05, 0) is 0 Å². The van der Waals surface area contributed by atoms with Gasteiger partial charge in [0.25, 0.3) is 0 Å². The van der Waals surface area contributed by atoms with E-state index >= 15 is 0 Å². The van der Waals surface area contributed by atoms with Gasteiger partial charge in [0.2, 0.25) is 0 Å². The molecule has 0 amide bonds. The van der Waals surface area contributed by atoms with Crippen LogP contribution in [0.3, 0.4) is 0 Å². The summed E-state index contributed by atoms with van der Waals surface area (Å²) in [6.45, 7) is 0. The maximum Gasteiger partial charge on any atom is 0.329 e. The molecule has 0 atom stereocenters. The fourth-order valence-electron chi connectivity index (χ4n) is 0.0823. The minimum absolute atomic E-state index is 0. The van der Waals surface area contributed by atoms with Crippen molar-refractivity contribution in [2.24, 2.45) is 5.73 Å². The van der Waals surface area contributed by atoms with Crippen LogP contribution in [0.4, 0.5) is 0 Å². The van der Waals surface area contributed by atoms with Gasteiger partial charge >= 0.3 is 5.97 Å². The molecule has 0 bridgehead atoms. The van der Waals surface area contributed by atoms with E-state index in [9.17, 15) is 4.79 Å². The molecule has 42 valence electrons. The van der Waals surface area contributed by atoms with Crippen LogP contribution in [-0.4, -0.2) is 11.1 Å². The summed E-state index contributed by atoms with van der Waals surface area (Å²) in [6, 6.07) is 0. The molecular formula is C3H6ClNO2. The Morgan fingerprint density at radius 2 is 2.14 bits per heavy atom. The number of nitrogens with two attached hydrogens (primary N) is 1. The van der Waals surface area contributed by atoms with E-state index in [1.807, 2.05) is 0 Å². The van der Waals surface area contributed by atoms with Crippen molar-refractivity contribution in [2.75, 3.05) is 0 Å². The zero-order chi connectivity index (χ0) is 4.99. The van der Waals surface area contributed by atoms with Gasteiger partial charge in [-0.2, -0.15) is 0 Å². The van der Waals surface area contributed by atoms with Crippen LogP contribution >= 0.6 is 12.4 Å². The van der Waals surface area contributed by atoms with Gasteiger partial charge in [0.05, 0.1) is 0 Å². The molecule has 0 radical (unpaired) electrons. The van der Waals surface area contributed by atoms with Gasteiger partial charge in [-0.3, -0.25) is 0 Å². The average Bonchev–Trinajstić information content (AvgIpc) is 1.35. The lowest BCUT2D eigenvalue weighted by Gasteiger charge is -1.69. The quantitative estimate of drug-likeness (QED) is 0.481. The molecule has 0 aliphatic heterocycles. The largest absolute Gasteiger partial charge is 0.478 e. The summed E-state index contributed by atoms with van der Waals surface area (Å²) in [7, 11) is 0. The Hall–Kier alpha value is -0.700. The topological polar surface area (TPSA) is 63.3 Å². The van der Waals surface area contributed by atoms with Crippen molar-refractivity contribution in [2.45, 2.75) is 0 Å². The first kappa shape index (κ1) is 9.57. The fourth-order valence-corrected chi connectivity index (χ4v) is 0.0823. The van der Waals surface area contributed by atoms with Crippen molar-refractivity contribution in [1.82, 2.24) is 0 Å². The van der Waals surface area contributed by atoms with Crippen LogP contribution in [0.15, 0.2) is 12.3 Å². The number of hydrogen-bond acceptors (Lipinski definition) is 2. The van der Waals surface area contributed by atoms with E-state index in [-0.39, 0.29) is 12.4 Å². The van der Waals surface area contributed by atoms with E-state index < -0.39 is 5.97 Å². The van der Waals surface area contributed by atoms with Crippen molar-refractivity contribution in [3.63, 3.8) is 0 Å². The molecule has 3 nitrogen and oxygen atoms in total. The summed E-state index contributed by atoms with van der Waals surface area (Å²) in [4.78, 5) is 9.43. The van der Waals surface area contributed by atoms with Gasteiger partial charge in [0.15, 0.2) is 0 Å². The van der Waals surface area contributed by atoms with Crippen molar-refractivity contribution < 1.29 is 9.90 Å². The highest BCUT2D eigenvalue weighted by Crippen LogP contribution is 1.59. The summed E-state index contributed by atoms with van der Waals surface area (Å²) in [6.07, 6.45) is 1.84. The van der Waals surface area contributed by atoms with Gasteiger partial charge in [-0.1, -0.05) is 0 Å². The molecule has 0 rings (SSSR count). The molecule has 0 aromatic rings. The van der Waals surface area contributed by atoms with Crippen LogP contribution in [-0.2, 0) is 4.79 Å². The minimum Gasteiger partial charge on any atom is -0.478 e. The second kappa shape index (κ2) is 5.30. The van der Waals surface area contributed by atoms with Crippen LogP contribution < -0.4 is 5.73 Å². The Bertz CT molecular complexity index is 81.0. The molecule has 4 heteroatoms. The van der Waals surface area contributed by atoms with Gasteiger partial charge in [-0.15, -0.1) is 12.4 Å². The Morgan fingerprint density at radius 3 is 2.14 bits per heavy atom. The zero-order valence-electron chi connectivity index (χ0n) is 3.50. The summed E-state index contributed by atoms with van der Waals surface area (Å²) >= 11 is 0. The number of rotatable bonds is 1. The Balaban J connectivity index is 0. The van der Waals surface area contributed by atoms with Gasteiger partial charge in [0.1, 0.15) is 0 Å². The first-order valence-electron chi connectivity index (χ1n) is 1.38. The third kappa shape index (κ3) is 10.9. The third-order valence-electron chi connectivity index (χ3n) is 0.239. The Labute approximate surface area is 47.2 Å². The van der Waals surface area contributed by atoms with Gasteiger partial charge in [0, 0.05) is 12.3 Å². The maximum atomic E-state index is 9.43. The monoisotopic (exact) mass is 123 g/mol. The van der Waals surface area contributed by atoms with E-state index in [2.05, 4.69) is 5.73 Å². The zero-order valence-corrected chi connectivity index (χ0v) is 4.31. The molecule has 0 aliphatic carbocycles. The molecule has 0 saturated carbocycles. The normalized spacial score (nSPS) is 8.00. The highest BCUT2D eigenvalue weighted by atomic mass is 35.5. The molecule has 0 heterocycles. The van der Waals surface area contributed by atoms with Crippen LogP contribution in [0.2, 0.25) is 0 Å². The predicted octanol–water partition coefficient (Wildman–Crippen LogP) is -0.0348. The minimum atomic E-state index is -1.02. The second-order valence-electron chi connectivity index (χ2n) is 0.697. The summed E-state index contributed by atoms with van der Waals surface area (Å²) in [5, 5.41) is 7.75.